The molecule has 0 saturated heterocycles. The van der Waals surface area contributed by atoms with Crippen LogP contribution in [0.3, 0.4) is 0 Å². The van der Waals surface area contributed by atoms with Crippen LogP contribution >= 0.6 is 11.6 Å². The van der Waals surface area contributed by atoms with E-state index in [9.17, 15) is 0 Å². The molecule has 90 valence electrons. The number of hydrogen-bond donors (Lipinski definition) is 1. The number of rotatable bonds is 1. The minimum atomic E-state index is 0.642. The topological polar surface area (TPSA) is 56.2 Å². The zero-order chi connectivity index (χ0) is 12.7. The van der Waals surface area contributed by atoms with Gasteiger partial charge in [0.25, 0.3) is 0 Å². The van der Waals surface area contributed by atoms with E-state index in [-0.39, 0.29) is 0 Å². The highest BCUT2D eigenvalue weighted by Crippen LogP contribution is 2.28. The Kier molecular flexibility index (Phi) is 2.45. The van der Waals surface area contributed by atoms with Gasteiger partial charge >= 0.3 is 0 Å². The van der Waals surface area contributed by atoms with Gasteiger partial charge in [-0.3, -0.25) is 4.40 Å². The van der Waals surface area contributed by atoms with Gasteiger partial charge in [-0.05, 0) is 30.7 Å². The summed E-state index contributed by atoms with van der Waals surface area (Å²) in [5, 5.41) is 8.95. The van der Waals surface area contributed by atoms with E-state index in [0.717, 1.165) is 11.1 Å². The number of benzene rings is 1. The van der Waals surface area contributed by atoms with Crippen molar-refractivity contribution in [3.8, 4) is 11.4 Å². The Morgan fingerprint density at radius 1 is 1.17 bits per heavy atom. The van der Waals surface area contributed by atoms with Gasteiger partial charge in [-0.15, -0.1) is 10.2 Å². The summed E-state index contributed by atoms with van der Waals surface area (Å²) in [6, 6.07) is 9.48. The highest BCUT2D eigenvalue weighted by Gasteiger charge is 2.13. The van der Waals surface area contributed by atoms with E-state index >= 15 is 0 Å². The van der Waals surface area contributed by atoms with Crippen molar-refractivity contribution in [2.45, 2.75) is 6.92 Å². The van der Waals surface area contributed by atoms with Crippen LogP contribution in [0.5, 0.6) is 0 Å². The third-order valence-corrected chi connectivity index (χ3v) is 3.28. The van der Waals surface area contributed by atoms with Gasteiger partial charge in [0.2, 0.25) is 0 Å². The molecule has 3 aromatic rings. The van der Waals surface area contributed by atoms with Gasteiger partial charge in [-0.25, -0.2) is 0 Å². The molecule has 1 aromatic carbocycles. The molecule has 0 radical (unpaired) electrons. The van der Waals surface area contributed by atoms with Crippen LogP contribution in [0.4, 0.5) is 5.69 Å². The van der Waals surface area contributed by atoms with E-state index in [2.05, 4.69) is 10.2 Å². The third-order valence-electron chi connectivity index (χ3n) is 2.95. The summed E-state index contributed by atoms with van der Waals surface area (Å²) < 4.78 is 1.85. The Morgan fingerprint density at radius 2 is 1.94 bits per heavy atom. The van der Waals surface area contributed by atoms with Crippen molar-refractivity contribution < 1.29 is 0 Å². The minimum Gasteiger partial charge on any atom is -0.395 e. The number of nitrogens with zero attached hydrogens (tertiary/aromatic N) is 3. The van der Waals surface area contributed by atoms with Gasteiger partial charge in [0.1, 0.15) is 0 Å². The summed E-state index contributed by atoms with van der Waals surface area (Å²) in [5.74, 6) is 0.697. The zero-order valence-corrected chi connectivity index (χ0v) is 10.5. The van der Waals surface area contributed by atoms with Crippen molar-refractivity contribution in [2.75, 3.05) is 5.73 Å². The summed E-state index contributed by atoms with van der Waals surface area (Å²) >= 11 is 6.17. The molecule has 0 saturated carbocycles. The molecule has 0 spiro atoms. The van der Waals surface area contributed by atoms with Crippen LogP contribution in [-0.2, 0) is 0 Å². The normalized spacial score (nSPS) is 11.0. The lowest BCUT2D eigenvalue weighted by Crippen LogP contribution is -1.96. The molecular formula is C13H11ClN4. The van der Waals surface area contributed by atoms with Crippen molar-refractivity contribution in [2.24, 2.45) is 0 Å². The predicted molar refractivity (Wildman–Crippen MR) is 72.6 cm³/mol. The molecule has 0 aliphatic rings. The number of aromatic nitrogens is 3. The summed E-state index contributed by atoms with van der Waals surface area (Å²) in [5.41, 5.74) is 9.12. The second-order valence-electron chi connectivity index (χ2n) is 4.11. The smallest absolute Gasteiger partial charge is 0.184 e. The Morgan fingerprint density at radius 3 is 2.72 bits per heavy atom. The average Bonchev–Trinajstić information content (AvgIpc) is 2.79. The van der Waals surface area contributed by atoms with Gasteiger partial charge in [-0.1, -0.05) is 23.7 Å². The summed E-state index contributed by atoms with van der Waals surface area (Å²) in [4.78, 5) is 0. The summed E-state index contributed by atoms with van der Waals surface area (Å²) in [7, 11) is 0. The second kappa shape index (κ2) is 3.99. The number of halogens is 1. The molecule has 0 aliphatic carbocycles. The van der Waals surface area contributed by atoms with Crippen LogP contribution in [0, 0.1) is 6.92 Å². The maximum absolute atomic E-state index is 6.17. The molecule has 2 heterocycles. The fraction of sp³-hybridized carbons (Fsp3) is 0.0769. The third kappa shape index (κ3) is 1.54. The van der Waals surface area contributed by atoms with Gasteiger partial charge in [0.15, 0.2) is 11.5 Å². The van der Waals surface area contributed by atoms with Crippen LogP contribution < -0.4 is 5.73 Å². The number of pyridine rings is 1. The molecule has 2 N–H and O–H groups in total. The molecule has 0 unspecified atom stereocenters. The van der Waals surface area contributed by atoms with Crippen LogP contribution in [0.15, 0.2) is 36.5 Å². The fourth-order valence-electron chi connectivity index (χ4n) is 1.89. The fourth-order valence-corrected chi connectivity index (χ4v) is 2.12. The predicted octanol–water partition coefficient (Wildman–Crippen LogP) is 2.94. The average molecular weight is 259 g/mol. The van der Waals surface area contributed by atoms with E-state index in [0.29, 0.717) is 22.2 Å². The SMILES string of the molecule is Cc1ccn2c(-c3ccccc3Cl)nnc2c1N. The van der Waals surface area contributed by atoms with E-state index in [1.807, 2.05) is 47.9 Å². The summed E-state index contributed by atoms with van der Waals surface area (Å²) in [6.07, 6.45) is 1.90. The van der Waals surface area contributed by atoms with Crippen molar-refractivity contribution in [3.63, 3.8) is 0 Å². The molecular weight excluding hydrogens is 248 g/mol. The van der Waals surface area contributed by atoms with Crippen LogP contribution in [0.2, 0.25) is 5.02 Å². The Hall–Kier alpha value is -2.07. The number of anilines is 1. The Bertz CT molecular complexity index is 733. The number of fused-ring (bicyclic) bond motifs is 1. The lowest BCUT2D eigenvalue weighted by molar-refractivity contribution is 1.11. The van der Waals surface area contributed by atoms with Crippen molar-refractivity contribution in [1.29, 1.82) is 0 Å². The first kappa shape index (κ1) is 11.0. The molecule has 0 amide bonds. The van der Waals surface area contributed by atoms with Crippen molar-refractivity contribution in [1.82, 2.24) is 14.6 Å². The quantitative estimate of drug-likeness (QED) is 0.730. The van der Waals surface area contributed by atoms with E-state index in [1.165, 1.54) is 0 Å². The van der Waals surface area contributed by atoms with E-state index in [1.54, 1.807) is 0 Å². The van der Waals surface area contributed by atoms with Crippen LogP contribution in [0.25, 0.3) is 17.0 Å². The Labute approximate surface area is 109 Å². The highest BCUT2D eigenvalue weighted by molar-refractivity contribution is 6.33. The summed E-state index contributed by atoms with van der Waals surface area (Å²) in [6.45, 7) is 1.94. The number of hydrogen-bond acceptors (Lipinski definition) is 3. The molecule has 18 heavy (non-hydrogen) atoms. The van der Waals surface area contributed by atoms with Gasteiger partial charge in [-0.2, -0.15) is 0 Å². The van der Waals surface area contributed by atoms with Gasteiger partial charge < -0.3 is 5.73 Å². The largest absolute Gasteiger partial charge is 0.395 e. The highest BCUT2D eigenvalue weighted by atomic mass is 35.5. The molecule has 0 aliphatic heterocycles. The number of nitrogen functional groups attached to an aromatic ring is 1. The molecule has 3 rings (SSSR count). The molecule has 0 fully saturated rings. The second-order valence-corrected chi connectivity index (χ2v) is 4.52. The van der Waals surface area contributed by atoms with Crippen LogP contribution in [0.1, 0.15) is 5.56 Å². The van der Waals surface area contributed by atoms with E-state index < -0.39 is 0 Å². The molecule has 0 atom stereocenters. The Balaban J connectivity index is 2.32. The molecule has 5 heteroatoms. The maximum atomic E-state index is 6.17. The monoisotopic (exact) mass is 258 g/mol. The van der Waals surface area contributed by atoms with Crippen molar-refractivity contribution >= 4 is 22.9 Å². The first-order valence-corrected chi connectivity index (χ1v) is 5.91. The molecule has 4 nitrogen and oxygen atoms in total. The first-order chi connectivity index (χ1) is 8.68. The standard InChI is InChI=1S/C13H11ClN4/c1-8-6-7-18-12(16-17-13(18)11(8)15)9-4-2-3-5-10(9)14/h2-7H,15H2,1H3. The van der Waals surface area contributed by atoms with Gasteiger partial charge in [0.05, 0.1) is 10.7 Å². The molecule has 2 aromatic heterocycles. The minimum absolute atomic E-state index is 0.642. The van der Waals surface area contributed by atoms with Crippen LogP contribution in [-0.4, -0.2) is 14.6 Å². The zero-order valence-electron chi connectivity index (χ0n) is 9.76. The molecule has 0 bridgehead atoms. The number of aryl methyl sites for hydroxylation is 1. The lowest BCUT2D eigenvalue weighted by Gasteiger charge is -2.04. The maximum Gasteiger partial charge on any atom is 0.184 e. The first-order valence-electron chi connectivity index (χ1n) is 5.53. The van der Waals surface area contributed by atoms with Crippen molar-refractivity contribution in [3.05, 3.63) is 47.1 Å². The number of nitrogens with two attached hydrogens (primary N) is 1. The van der Waals surface area contributed by atoms with E-state index in [4.69, 9.17) is 17.3 Å². The lowest BCUT2D eigenvalue weighted by atomic mass is 10.2. The van der Waals surface area contributed by atoms with Gasteiger partial charge in [0, 0.05) is 11.8 Å².